The summed E-state index contributed by atoms with van der Waals surface area (Å²) in [6, 6.07) is 8.68. The van der Waals surface area contributed by atoms with E-state index in [2.05, 4.69) is 21.2 Å². The van der Waals surface area contributed by atoms with Gasteiger partial charge < -0.3 is 15.2 Å². The molecule has 106 valence electrons. The minimum absolute atomic E-state index is 0.107. The smallest absolute Gasteiger partial charge is 0.160 e. The second kappa shape index (κ2) is 6.57. The van der Waals surface area contributed by atoms with E-state index in [9.17, 15) is 5.11 Å². The van der Waals surface area contributed by atoms with Gasteiger partial charge in [0, 0.05) is 11.0 Å². The van der Waals surface area contributed by atoms with Crippen LogP contribution < -0.4 is 10.1 Å². The second-order valence-electron chi connectivity index (χ2n) is 4.10. The number of phenolic OH excluding ortho intramolecular Hbond substituents is 1. The summed E-state index contributed by atoms with van der Waals surface area (Å²) < 4.78 is 5.89. The first kappa shape index (κ1) is 15.3. The predicted octanol–water partition coefficient (Wildman–Crippen LogP) is 5.08. The van der Waals surface area contributed by atoms with Gasteiger partial charge in [-0.05, 0) is 29.8 Å². The number of hydrogen-bond donors (Lipinski definition) is 2. The zero-order valence-corrected chi connectivity index (χ0v) is 13.7. The summed E-state index contributed by atoms with van der Waals surface area (Å²) in [5.74, 6) is 0.535. The van der Waals surface area contributed by atoms with E-state index >= 15 is 0 Å². The fourth-order valence-corrected chi connectivity index (χ4v) is 3.08. The quantitative estimate of drug-likeness (QED) is 0.781. The molecule has 2 N–H and O–H groups in total. The van der Waals surface area contributed by atoms with Crippen molar-refractivity contribution >= 4 is 44.8 Å². The maximum atomic E-state index is 9.55. The number of methoxy groups -OCH3 is 1. The van der Waals surface area contributed by atoms with Crippen molar-refractivity contribution in [1.82, 2.24) is 0 Å². The fraction of sp³-hybridized carbons (Fsp3) is 0.143. The average molecular weight is 377 g/mol. The van der Waals surface area contributed by atoms with Gasteiger partial charge >= 0.3 is 0 Å². The van der Waals surface area contributed by atoms with Crippen LogP contribution in [0.5, 0.6) is 11.5 Å². The highest BCUT2D eigenvalue weighted by molar-refractivity contribution is 9.10. The fourth-order valence-electron chi connectivity index (χ4n) is 1.73. The van der Waals surface area contributed by atoms with Gasteiger partial charge in [-0.3, -0.25) is 0 Å². The Morgan fingerprint density at radius 3 is 2.45 bits per heavy atom. The van der Waals surface area contributed by atoms with E-state index in [1.807, 2.05) is 0 Å². The van der Waals surface area contributed by atoms with Gasteiger partial charge in [-0.2, -0.15) is 0 Å². The molecule has 0 aliphatic carbocycles. The second-order valence-corrected chi connectivity index (χ2v) is 5.83. The zero-order chi connectivity index (χ0) is 14.7. The van der Waals surface area contributed by atoms with Crippen LogP contribution >= 0.6 is 39.1 Å². The molecule has 2 aromatic carbocycles. The lowest BCUT2D eigenvalue weighted by Crippen LogP contribution is -2.01. The van der Waals surface area contributed by atoms with E-state index in [1.165, 1.54) is 7.11 Å². The van der Waals surface area contributed by atoms with Crippen LogP contribution in [0.25, 0.3) is 0 Å². The highest BCUT2D eigenvalue weighted by atomic mass is 79.9. The van der Waals surface area contributed by atoms with Crippen molar-refractivity contribution in [2.24, 2.45) is 0 Å². The first-order chi connectivity index (χ1) is 9.51. The summed E-state index contributed by atoms with van der Waals surface area (Å²) in [4.78, 5) is 0. The predicted molar refractivity (Wildman–Crippen MR) is 86.1 cm³/mol. The SMILES string of the molecule is COc1cc(CNc2c(Cl)cc(Br)cc2Cl)ccc1O. The van der Waals surface area contributed by atoms with Gasteiger partial charge in [0.05, 0.1) is 22.8 Å². The summed E-state index contributed by atoms with van der Waals surface area (Å²) in [6.07, 6.45) is 0. The third-order valence-corrected chi connectivity index (χ3v) is 3.77. The largest absolute Gasteiger partial charge is 0.504 e. The maximum Gasteiger partial charge on any atom is 0.160 e. The molecule has 2 aromatic rings. The standard InChI is InChI=1S/C14H12BrCl2NO2/c1-20-13-4-8(2-3-12(13)19)7-18-14-10(16)5-9(15)6-11(14)17/h2-6,18-19H,7H2,1H3. The molecular formula is C14H12BrCl2NO2. The van der Waals surface area contributed by atoms with E-state index < -0.39 is 0 Å². The number of rotatable bonds is 4. The summed E-state index contributed by atoms with van der Waals surface area (Å²) >= 11 is 15.6. The topological polar surface area (TPSA) is 41.5 Å². The van der Waals surface area contributed by atoms with Gasteiger partial charge in [-0.15, -0.1) is 0 Å². The van der Waals surface area contributed by atoms with E-state index in [0.29, 0.717) is 28.0 Å². The molecule has 0 fully saturated rings. The van der Waals surface area contributed by atoms with E-state index in [0.717, 1.165) is 10.0 Å². The number of nitrogens with one attached hydrogen (secondary N) is 1. The van der Waals surface area contributed by atoms with Gasteiger partial charge in [0.25, 0.3) is 0 Å². The molecule has 0 saturated carbocycles. The molecule has 0 spiro atoms. The molecular weight excluding hydrogens is 365 g/mol. The van der Waals surface area contributed by atoms with Crippen LogP contribution in [0.2, 0.25) is 10.0 Å². The van der Waals surface area contributed by atoms with Crippen LogP contribution in [-0.2, 0) is 6.54 Å². The van der Waals surface area contributed by atoms with E-state index in [4.69, 9.17) is 27.9 Å². The number of benzene rings is 2. The number of aromatic hydroxyl groups is 1. The number of ether oxygens (including phenoxy) is 1. The highest BCUT2D eigenvalue weighted by Gasteiger charge is 2.08. The molecule has 0 aliphatic heterocycles. The van der Waals surface area contributed by atoms with Crippen LogP contribution in [-0.4, -0.2) is 12.2 Å². The molecule has 0 heterocycles. The highest BCUT2D eigenvalue weighted by Crippen LogP contribution is 2.34. The number of phenols is 1. The minimum Gasteiger partial charge on any atom is -0.504 e. The van der Waals surface area contributed by atoms with Crippen molar-refractivity contribution in [2.75, 3.05) is 12.4 Å². The molecule has 0 aliphatic rings. The monoisotopic (exact) mass is 375 g/mol. The lowest BCUT2D eigenvalue weighted by atomic mass is 10.2. The van der Waals surface area contributed by atoms with Crippen LogP contribution in [0.3, 0.4) is 0 Å². The molecule has 3 nitrogen and oxygen atoms in total. The van der Waals surface area contributed by atoms with Gasteiger partial charge in [-0.25, -0.2) is 0 Å². The molecule has 0 saturated heterocycles. The van der Waals surface area contributed by atoms with Gasteiger partial charge in [-0.1, -0.05) is 45.2 Å². The third-order valence-electron chi connectivity index (χ3n) is 2.72. The van der Waals surface area contributed by atoms with Crippen molar-refractivity contribution in [3.63, 3.8) is 0 Å². The van der Waals surface area contributed by atoms with Gasteiger partial charge in [0.15, 0.2) is 11.5 Å². The van der Waals surface area contributed by atoms with E-state index in [-0.39, 0.29) is 5.75 Å². The Bertz CT molecular complexity index is 612. The summed E-state index contributed by atoms with van der Waals surface area (Å²) in [5.41, 5.74) is 1.61. The Hall–Kier alpha value is -1.10. The van der Waals surface area contributed by atoms with Gasteiger partial charge in [0.2, 0.25) is 0 Å². The van der Waals surface area contributed by atoms with E-state index in [1.54, 1.807) is 30.3 Å². The molecule has 0 radical (unpaired) electrons. The Morgan fingerprint density at radius 1 is 1.20 bits per heavy atom. The average Bonchev–Trinajstić information content (AvgIpc) is 2.39. The number of hydrogen-bond acceptors (Lipinski definition) is 3. The molecule has 0 atom stereocenters. The van der Waals surface area contributed by atoms with Crippen molar-refractivity contribution in [1.29, 1.82) is 0 Å². The first-order valence-corrected chi connectivity index (χ1v) is 7.30. The van der Waals surface area contributed by atoms with Crippen LogP contribution in [0, 0.1) is 0 Å². The van der Waals surface area contributed by atoms with Crippen LogP contribution in [0.15, 0.2) is 34.8 Å². The van der Waals surface area contributed by atoms with Crippen molar-refractivity contribution in [3.05, 3.63) is 50.4 Å². The minimum atomic E-state index is 0.107. The summed E-state index contributed by atoms with van der Waals surface area (Å²) in [7, 11) is 1.51. The Labute approximate surface area is 135 Å². The molecule has 0 unspecified atom stereocenters. The number of halogens is 3. The molecule has 2 rings (SSSR count). The lowest BCUT2D eigenvalue weighted by molar-refractivity contribution is 0.373. The molecule has 0 bridgehead atoms. The maximum absolute atomic E-state index is 9.55. The molecule has 0 aromatic heterocycles. The van der Waals surface area contributed by atoms with Crippen molar-refractivity contribution < 1.29 is 9.84 Å². The third kappa shape index (κ3) is 3.51. The Balaban J connectivity index is 2.17. The summed E-state index contributed by atoms with van der Waals surface area (Å²) in [6.45, 7) is 0.512. The van der Waals surface area contributed by atoms with Crippen molar-refractivity contribution in [3.8, 4) is 11.5 Å². The zero-order valence-electron chi connectivity index (χ0n) is 10.6. The Kier molecular flexibility index (Phi) is 5.02. The molecule has 0 amide bonds. The molecule has 6 heteroatoms. The lowest BCUT2D eigenvalue weighted by Gasteiger charge is -2.12. The van der Waals surface area contributed by atoms with Gasteiger partial charge in [0.1, 0.15) is 0 Å². The first-order valence-electron chi connectivity index (χ1n) is 5.75. The van der Waals surface area contributed by atoms with Crippen LogP contribution in [0.1, 0.15) is 5.56 Å². The molecule has 20 heavy (non-hydrogen) atoms. The number of anilines is 1. The van der Waals surface area contributed by atoms with Crippen LogP contribution in [0.4, 0.5) is 5.69 Å². The summed E-state index contributed by atoms with van der Waals surface area (Å²) in [5, 5.41) is 13.8. The van der Waals surface area contributed by atoms with Crippen molar-refractivity contribution in [2.45, 2.75) is 6.54 Å². The normalized spacial score (nSPS) is 10.4. The Morgan fingerprint density at radius 2 is 1.85 bits per heavy atom.